The third kappa shape index (κ3) is 1.83. The first-order valence-corrected chi connectivity index (χ1v) is 5.67. The van der Waals surface area contributed by atoms with Crippen LogP contribution in [0, 0.1) is 0 Å². The average molecular weight is 250 g/mol. The molecule has 17 heavy (non-hydrogen) atoms. The number of aromatic nitrogens is 1. The number of rotatable bonds is 2. The van der Waals surface area contributed by atoms with E-state index in [1.165, 1.54) is 24.5 Å². The van der Waals surface area contributed by atoms with E-state index >= 15 is 0 Å². The molecule has 0 saturated carbocycles. The van der Waals surface area contributed by atoms with Crippen LogP contribution in [0.5, 0.6) is 0 Å². The lowest BCUT2D eigenvalue weighted by Crippen LogP contribution is -2.27. The van der Waals surface area contributed by atoms with E-state index in [0.29, 0.717) is 10.4 Å². The lowest BCUT2D eigenvalue weighted by Gasteiger charge is -2.09. The highest BCUT2D eigenvalue weighted by Crippen LogP contribution is 2.27. The molecule has 0 unspecified atom stereocenters. The van der Waals surface area contributed by atoms with Crippen molar-refractivity contribution >= 4 is 23.1 Å². The molecule has 2 rings (SSSR count). The van der Waals surface area contributed by atoms with Gasteiger partial charge in [-0.05, 0) is 17.5 Å². The Bertz CT molecular complexity index is 629. The maximum Gasteiger partial charge on any atom is 0.342 e. The summed E-state index contributed by atoms with van der Waals surface area (Å²) in [5.41, 5.74) is 5.20. The monoisotopic (exact) mass is 250 g/mol. The molecule has 6 heteroatoms. The summed E-state index contributed by atoms with van der Waals surface area (Å²) in [6.45, 7) is 0. The van der Waals surface area contributed by atoms with Crippen molar-refractivity contribution in [2.45, 2.75) is 0 Å². The summed E-state index contributed by atoms with van der Waals surface area (Å²) in [7, 11) is 1.45. The first kappa shape index (κ1) is 11.4. The van der Waals surface area contributed by atoms with Crippen LogP contribution in [0.15, 0.2) is 28.4 Å². The molecule has 0 aliphatic rings. The fraction of sp³-hybridized carbons (Fsp3) is 0.0909. The van der Waals surface area contributed by atoms with E-state index in [4.69, 9.17) is 10.8 Å². The van der Waals surface area contributed by atoms with Gasteiger partial charge in [0.1, 0.15) is 11.4 Å². The standard InChI is InChI=1S/C11H10N2O3S/c1-13-8(12)5-6(7-3-2-4-17-7)9(10(13)14)11(15)16/h2-5H,12H2,1H3,(H,15,16). The molecule has 0 aliphatic carbocycles. The Balaban J connectivity index is 2.84. The van der Waals surface area contributed by atoms with Gasteiger partial charge in [-0.25, -0.2) is 4.79 Å². The molecule has 0 amide bonds. The zero-order chi connectivity index (χ0) is 12.6. The number of nitrogens with two attached hydrogens (primary N) is 1. The Labute approximate surface area is 101 Å². The molecular formula is C11H10N2O3S. The largest absolute Gasteiger partial charge is 0.477 e. The first-order chi connectivity index (χ1) is 8.02. The number of hydrogen-bond donors (Lipinski definition) is 2. The fourth-order valence-corrected chi connectivity index (χ4v) is 2.30. The van der Waals surface area contributed by atoms with Crippen LogP contribution in [-0.4, -0.2) is 15.6 Å². The highest BCUT2D eigenvalue weighted by Gasteiger charge is 2.19. The Morgan fingerprint density at radius 3 is 2.76 bits per heavy atom. The number of thiophene rings is 1. The van der Waals surface area contributed by atoms with Crippen LogP contribution in [0.4, 0.5) is 5.82 Å². The van der Waals surface area contributed by atoms with Crippen molar-refractivity contribution in [2.24, 2.45) is 7.05 Å². The van der Waals surface area contributed by atoms with Crippen LogP contribution >= 0.6 is 11.3 Å². The second-order valence-corrected chi connectivity index (χ2v) is 4.45. The molecule has 0 fully saturated rings. The van der Waals surface area contributed by atoms with E-state index in [1.807, 2.05) is 5.38 Å². The maximum atomic E-state index is 11.9. The SMILES string of the molecule is Cn1c(N)cc(-c2cccs2)c(C(=O)O)c1=O. The van der Waals surface area contributed by atoms with Crippen molar-refractivity contribution < 1.29 is 9.90 Å². The smallest absolute Gasteiger partial charge is 0.342 e. The molecule has 88 valence electrons. The zero-order valence-electron chi connectivity index (χ0n) is 9.01. The van der Waals surface area contributed by atoms with Gasteiger partial charge in [0.2, 0.25) is 0 Å². The van der Waals surface area contributed by atoms with E-state index in [1.54, 1.807) is 12.1 Å². The number of hydrogen-bond acceptors (Lipinski definition) is 4. The third-order valence-corrected chi connectivity index (χ3v) is 3.37. The number of aromatic carboxylic acids is 1. The number of anilines is 1. The van der Waals surface area contributed by atoms with Crippen LogP contribution in [0.2, 0.25) is 0 Å². The van der Waals surface area contributed by atoms with Gasteiger partial charge in [-0.1, -0.05) is 6.07 Å². The van der Waals surface area contributed by atoms with Gasteiger partial charge in [0.25, 0.3) is 5.56 Å². The molecule has 0 saturated heterocycles. The maximum absolute atomic E-state index is 11.9. The predicted octanol–water partition coefficient (Wildman–Crippen LogP) is 1.39. The molecule has 2 aromatic heterocycles. The number of carbonyl (C=O) groups is 1. The van der Waals surface area contributed by atoms with E-state index in [9.17, 15) is 9.59 Å². The predicted molar refractivity (Wildman–Crippen MR) is 66.4 cm³/mol. The van der Waals surface area contributed by atoms with Gasteiger partial charge < -0.3 is 10.8 Å². The van der Waals surface area contributed by atoms with E-state index in [2.05, 4.69) is 0 Å². The van der Waals surface area contributed by atoms with Gasteiger partial charge in [-0.3, -0.25) is 9.36 Å². The van der Waals surface area contributed by atoms with Crippen LogP contribution < -0.4 is 11.3 Å². The van der Waals surface area contributed by atoms with Crippen molar-refractivity contribution in [1.82, 2.24) is 4.57 Å². The first-order valence-electron chi connectivity index (χ1n) is 4.79. The molecule has 5 nitrogen and oxygen atoms in total. The van der Waals surface area contributed by atoms with Gasteiger partial charge in [0.15, 0.2) is 0 Å². The molecule has 0 aliphatic heterocycles. The van der Waals surface area contributed by atoms with Crippen molar-refractivity contribution in [2.75, 3.05) is 5.73 Å². The summed E-state index contributed by atoms with van der Waals surface area (Å²) < 4.78 is 1.13. The lowest BCUT2D eigenvalue weighted by molar-refractivity contribution is 0.0695. The van der Waals surface area contributed by atoms with Crippen molar-refractivity contribution in [3.05, 3.63) is 39.5 Å². The second kappa shape index (κ2) is 4.06. The van der Waals surface area contributed by atoms with E-state index in [-0.39, 0.29) is 11.4 Å². The van der Waals surface area contributed by atoms with Gasteiger partial charge in [0, 0.05) is 17.5 Å². The minimum atomic E-state index is -1.24. The second-order valence-electron chi connectivity index (χ2n) is 3.50. The normalized spacial score (nSPS) is 10.4. The highest BCUT2D eigenvalue weighted by atomic mass is 32.1. The molecule has 0 radical (unpaired) electrons. The number of carboxylic acid groups (broad SMARTS) is 1. The molecular weight excluding hydrogens is 240 g/mol. The van der Waals surface area contributed by atoms with Crippen LogP contribution in [0.25, 0.3) is 10.4 Å². The number of nitrogens with zero attached hydrogens (tertiary/aromatic N) is 1. The summed E-state index contributed by atoms with van der Waals surface area (Å²) >= 11 is 1.36. The molecule has 0 bridgehead atoms. The topological polar surface area (TPSA) is 85.3 Å². The van der Waals surface area contributed by atoms with Gasteiger partial charge in [0.05, 0.1) is 0 Å². The molecule has 3 N–H and O–H groups in total. The van der Waals surface area contributed by atoms with Gasteiger partial charge in [-0.2, -0.15) is 0 Å². The summed E-state index contributed by atoms with van der Waals surface area (Å²) in [5, 5.41) is 10.9. The van der Waals surface area contributed by atoms with Crippen LogP contribution in [-0.2, 0) is 7.05 Å². The van der Waals surface area contributed by atoms with Crippen LogP contribution in [0.1, 0.15) is 10.4 Å². The minimum Gasteiger partial charge on any atom is -0.477 e. The lowest BCUT2D eigenvalue weighted by atomic mass is 10.1. The van der Waals surface area contributed by atoms with Crippen molar-refractivity contribution in [1.29, 1.82) is 0 Å². The quantitative estimate of drug-likeness (QED) is 0.843. The molecule has 2 aromatic rings. The van der Waals surface area contributed by atoms with Gasteiger partial charge in [-0.15, -0.1) is 11.3 Å². The summed E-state index contributed by atoms with van der Waals surface area (Å²) in [4.78, 5) is 23.7. The molecule has 0 spiro atoms. The van der Waals surface area contributed by atoms with Crippen LogP contribution in [0.3, 0.4) is 0 Å². The van der Waals surface area contributed by atoms with E-state index in [0.717, 1.165) is 4.57 Å². The summed E-state index contributed by atoms with van der Waals surface area (Å²) in [5.74, 6) is -1.00. The number of pyridine rings is 1. The molecule has 0 aromatic carbocycles. The average Bonchev–Trinajstić information content (AvgIpc) is 2.77. The number of nitrogen functional groups attached to an aromatic ring is 1. The third-order valence-electron chi connectivity index (χ3n) is 2.47. The highest BCUT2D eigenvalue weighted by molar-refractivity contribution is 7.13. The Morgan fingerprint density at radius 2 is 2.24 bits per heavy atom. The molecule has 2 heterocycles. The fourth-order valence-electron chi connectivity index (χ4n) is 1.55. The summed E-state index contributed by atoms with van der Waals surface area (Å²) in [6.07, 6.45) is 0. The zero-order valence-corrected chi connectivity index (χ0v) is 9.82. The molecule has 0 atom stereocenters. The Kier molecular flexibility index (Phi) is 2.72. The van der Waals surface area contributed by atoms with Gasteiger partial charge >= 0.3 is 5.97 Å². The van der Waals surface area contributed by atoms with Crippen molar-refractivity contribution in [3.63, 3.8) is 0 Å². The Morgan fingerprint density at radius 1 is 1.53 bits per heavy atom. The van der Waals surface area contributed by atoms with Crippen molar-refractivity contribution in [3.8, 4) is 10.4 Å². The van der Waals surface area contributed by atoms with E-state index < -0.39 is 11.5 Å². The Hall–Kier alpha value is -2.08. The summed E-state index contributed by atoms with van der Waals surface area (Å²) in [6, 6.07) is 5.06. The minimum absolute atomic E-state index is 0.239. The number of carboxylic acids is 1.